The monoisotopic (exact) mass is 378 g/mol. The molecule has 1 aliphatic rings. The number of halogens is 1. The SMILES string of the molecule is Cc1ccsc1CN(CCCN1CCOCC1)Cc1ccc(Cl)cc1. The first kappa shape index (κ1) is 18.9. The van der Waals surface area contributed by atoms with Gasteiger partial charge in [0.05, 0.1) is 13.2 Å². The Balaban J connectivity index is 1.57. The van der Waals surface area contributed by atoms with E-state index in [1.165, 1.54) is 22.4 Å². The van der Waals surface area contributed by atoms with Crippen LogP contribution < -0.4 is 0 Å². The lowest BCUT2D eigenvalue weighted by atomic mass is 10.2. The molecule has 0 N–H and O–H groups in total. The van der Waals surface area contributed by atoms with E-state index in [0.29, 0.717) is 0 Å². The van der Waals surface area contributed by atoms with Crippen LogP contribution in [-0.2, 0) is 17.8 Å². The summed E-state index contributed by atoms with van der Waals surface area (Å²) in [6.07, 6.45) is 1.19. The van der Waals surface area contributed by atoms with E-state index in [9.17, 15) is 0 Å². The lowest BCUT2D eigenvalue weighted by Gasteiger charge is -2.28. The van der Waals surface area contributed by atoms with Crippen LogP contribution in [0.2, 0.25) is 5.02 Å². The summed E-state index contributed by atoms with van der Waals surface area (Å²) in [5.41, 5.74) is 2.73. The van der Waals surface area contributed by atoms with Crippen molar-refractivity contribution in [3.63, 3.8) is 0 Å². The molecule has 1 fully saturated rings. The molecule has 0 saturated carbocycles. The molecule has 25 heavy (non-hydrogen) atoms. The van der Waals surface area contributed by atoms with Gasteiger partial charge in [0.2, 0.25) is 0 Å². The standard InChI is InChI=1S/C20H27ClN2OS/c1-17-7-14-25-20(17)16-23(15-18-3-5-19(21)6-4-18)9-2-8-22-10-12-24-13-11-22/h3-7,14H,2,8-13,15-16H2,1H3. The fourth-order valence-electron chi connectivity index (χ4n) is 3.17. The number of rotatable bonds is 8. The van der Waals surface area contributed by atoms with E-state index >= 15 is 0 Å². The third kappa shape index (κ3) is 6.08. The van der Waals surface area contributed by atoms with E-state index in [2.05, 4.69) is 40.3 Å². The molecule has 0 bridgehead atoms. The lowest BCUT2D eigenvalue weighted by molar-refractivity contribution is 0.0359. The van der Waals surface area contributed by atoms with Crippen molar-refractivity contribution in [3.8, 4) is 0 Å². The van der Waals surface area contributed by atoms with Gasteiger partial charge in [0.25, 0.3) is 0 Å². The van der Waals surface area contributed by atoms with Gasteiger partial charge in [-0.1, -0.05) is 23.7 Å². The van der Waals surface area contributed by atoms with E-state index in [1.807, 2.05) is 23.5 Å². The Labute approximate surface area is 160 Å². The zero-order chi connectivity index (χ0) is 17.5. The van der Waals surface area contributed by atoms with E-state index in [1.54, 1.807) is 0 Å². The van der Waals surface area contributed by atoms with Gasteiger partial charge < -0.3 is 4.74 Å². The highest BCUT2D eigenvalue weighted by Crippen LogP contribution is 2.20. The smallest absolute Gasteiger partial charge is 0.0594 e. The third-order valence-electron chi connectivity index (χ3n) is 4.71. The second-order valence-corrected chi connectivity index (χ2v) is 8.11. The highest BCUT2D eigenvalue weighted by Gasteiger charge is 2.13. The average molecular weight is 379 g/mol. The van der Waals surface area contributed by atoms with Crippen LogP contribution in [0.1, 0.15) is 22.4 Å². The molecule has 2 aromatic rings. The van der Waals surface area contributed by atoms with Crippen LogP contribution >= 0.6 is 22.9 Å². The van der Waals surface area contributed by atoms with Gasteiger partial charge in [-0.3, -0.25) is 9.80 Å². The van der Waals surface area contributed by atoms with Gasteiger partial charge >= 0.3 is 0 Å². The van der Waals surface area contributed by atoms with Gasteiger partial charge in [0, 0.05) is 42.6 Å². The number of ether oxygens (including phenoxy) is 1. The van der Waals surface area contributed by atoms with Crippen molar-refractivity contribution < 1.29 is 4.74 Å². The summed E-state index contributed by atoms with van der Waals surface area (Å²) in [5, 5.41) is 3.00. The Bertz CT molecular complexity index is 637. The fourth-order valence-corrected chi connectivity index (χ4v) is 4.25. The number of hydrogen-bond donors (Lipinski definition) is 0. The molecule has 0 amide bonds. The Morgan fingerprint density at radius 3 is 2.56 bits per heavy atom. The van der Waals surface area contributed by atoms with E-state index in [0.717, 1.165) is 57.5 Å². The predicted octanol–water partition coefficient (Wildman–Crippen LogP) is 4.43. The van der Waals surface area contributed by atoms with Crippen LogP contribution in [0.4, 0.5) is 0 Å². The maximum Gasteiger partial charge on any atom is 0.0594 e. The van der Waals surface area contributed by atoms with Crippen molar-refractivity contribution in [2.45, 2.75) is 26.4 Å². The number of hydrogen-bond acceptors (Lipinski definition) is 4. The molecule has 3 nitrogen and oxygen atoms in total. The first-order valence-corrected chi connectivity index (χ1v) is 10.3. The Morgan fingerprint density at radius 1 is 1.12 bits per heavy atom. The van der Waals surface area contributed by atoms with Gasteiger partial charge in [0.15, 0.2) is 0 Å². The highest BCUT2D eigenvalue weighted by molar-refractivity contribution is 7.10. The van der Waals surface area contributed by atoms with Crippen LogP contribution in [0.15, 0.2) is 35.7 Å². The molecule has 5 heteroatoms. The minimum absolute atomic E-state index is 0.803. The predicted molar refractivity (Wildman–Crippen MR) is 106 cm³/mol. The largest absolute Gasteiger partial charge is 0.379 e. The number of nitrogens with zero attached hydrogens (tertiary/aromatic N) is 2. The maximum absolute atomic E-state index is 6.03. The third-order valence-corrected chi connectivity index (χ3v) is 5.97. The van der Waals surface area contributed by atoms with Crippen LogP contribution in [-0.4, -0.2) is 49.2 Å². The average Bonchev–Trinajstić information content (AvgIpc) is 3.02. The van der Waals surface area contributed by atoms with Crippen LogP contribution in [0, 0.1) is 6.92 Å². The first-order chi connectivity index (χ1) is 12.2. The van der Waals surface area contributed by atoms with Crippen LogP contribution in [0.25, 0.3) is 0 Å². The molecule has 1 aromatic carbocycles. The molecule has 0 aliphatic carbocycles. The van der Waals surface area contributed by atoms with E-state index < -0.39 is 0 Å². The fraction of sp³-hybridized carbons (Fsp3) is 0.500. The second-order valence-electron chi connectivity index (χ2n) is 6.67. The zero-order valence-electron chi connectivity index (χ0n) is 14.9. The number of aryl methyl sites for hydroxylation is 1. The van der Waals surface area contributed by atoms with Crippen LogP contribution in [0.3, 0.4) is 0 Å². The molecule has 0 radical (unpaired) electrons. The molecule has 1 saturated heterocycles. The Morgan fingerprint density at radius 2 is 1.88 bits per heavy atom. The maximum atomic E-state index is 6.03. The van der Waals surface area contributed by atoms with E-state index in [-0.39, 0.29) is 0 Å². The summed E-state index contributed by atoms with van der Waals surface area (Å²) in [6, 6.07) is 10.5. The normalized spacial score (nSPS) is 15.8. The van der Waals surface area contributed by atoms with Crippen LogP contribution in [0.5, 0.6) is 0 Å². The summed E-state index contributed by atoms with van der Waals surface area (Å²) in [5.74, 6) is 0. The molecular weight excluding hydrogens is 352 g/mol. The molecular formula is C20H27ClN2OS. The van der Waals surface area contributed by atoms with Crippen molar-refractivity contribution in [2.24, 2.45) is 0 Å². The molecule has 0 atom stereocenters. The Hall–Kier alpha value is -0.910. The van der Waals surface area contributed by atoms with Crippen molar-refractivity contribution in [3.05, 3.63) is 56.7 Å². The number of thiophene rings is 1. The number of benzene rings is 1. The molecule has 136 valence electrons. The molecule has 0 spiro atoms. The molecule has 1 aliphatic heterocycles. The molecule has 3 rings (SSSR count). The summed E-state index contributed by atoms with van der Waals surface area (Å²) in [6.45, 7) is 10.4. The highest BCUT2D eigenvalue weighted by atomic mass is 35.5. The molecule has 0 unspecified atom stereocenters. The van der Waals surface area contributed by atoms with Crippen molar-refractivity contribution in [2.75, 3.05) is 39.4 Å². The summed E-state index contributed by atoms with van der Waals surface area (Å²) in [4.78, 5) is 6.54. The zero-order valence-corrected chi connectivity index (χ0v) is 16.5. The van der Waals surface area contributed by atoms with Crippen molar-refractivity contribution in [1.82, 2.24) is 9.80 Å². The van der Waals surface area contributed by atoms with Gasteiger partial charge in [-0.2, -0.15) is 0 Å². The topological polar surface area (TPSA) is 15.7 Å². The second kappa shape index (κ2) is 9.70. The van der Waals surface area contributed by atoms with Gasteiger partial charge in [-0.05, 0) is 54.6 Å². The summed E-state index contributed by atoms with van der Waals surface area (Å²) in [7, 11) is 0. The molecule has 1 aromatic heterocycles. The first-order valence-electron chi connectivity index (χ1n) is 9.00. The Kier molecular flexibility index (Phi) is 7.32. The minimum Gasteiger partial charge on any atom is -0.379 e. The quantitative estimate of drug-likeness (QED) is 0.675. The van der Waals surface area contributed by atoms with Gasteiger partial charge in [-0.15, -0.1) is 11.3 Å². The van der Waals surface area contributed by atoms with Gasteiger partial charge in [0.1, 0.15) is 0 Å². The minimum atomic E-state index is 0.803. The van der Waals surface area contributed by atoms with Crippen molar-refractivity contribution in [1.29, 1.82) is 0 Å². The number of morpholine rings is 1. The molecule has 2 heterocycles. The summed E-state index contributed by atoms with van der Waals surface area (Å²) >= 11 is 7.89. The van der Waals surface area contributed by atoms with Crippen molar-refractivity contribution >= 4 is 22.9 Å². The van der Waals surface area contributed by atoms with E-state index in [4.69, 9.17) is 16.3 Å². The lowest BCUT2D eigenvalue weighted by Crippen LogP contribution is -2.38. The summed E-state index contributed by atoms with van der Waals surface area (Å²) < 4.78 is 5.44. The van der Waals surface area contributed by atoms with Gasteiger partial charge in [-0.25, -0.2) is 0 Å².